The lowest BCUT2D eigenvalue weighted by Crippen LogP contribution is -2.23. The predicted octanol–water partition coefficient (Wildman–Crippen LogP) is 0.549. The van der Waals surface area contributed by atoms with E-state index in [1.54, 1.807) is 18.3 Å². The van der Waals surface area contributed by atoms with Crippen molar-refractivity contribution in [1.29, 1.82) is 5.26 Å². The second-order valence-corrected chi connectivity index (χ2v) is 4.85. The van der Waals surface area contributed by atoms with Gasteiger partial charge in [0.05, 0.1) is 5.75 Å². The summed E-state index contributed by atoms with van der Waals surface area (Å²) >= 11 is 0. The van der Waals surface area contributed by atoms with Crippen LogP contribution in [0.3, 0.4) is 0 Å². The Hall–Kier alpha value is -1.25. The summed E-state index contributed by atoms with van der Waals surface area (Å²) in [7, 11) is -1.03. The van der Waals surface area contributed by atoms with Gasteiger partial charge >= 0.3 is 0 Å². The first-order valence-corrected chi connectivity index (χ1v) is 6.07. The van der Waals surface area contributed by atoms with Crippen LogP contribution < -0.4 is 5.73 Å². The molecule has 2 N–H and O–H groups in total. The van der Waals surface area contributed by atoms with E-state index in [2.05, 4.69) is 4.98 Å². The van der Waals surface area contributed by atoms with E-state index in [1.165, 1.54) is 0 Å². The van der Waals surface area contributed by atoms with Crippen molar-refractivity contribution in [2.75, 3.05) is 5.75 Å². The average molecular weight is 223 g/mol. The minimum absolute atomic E-state index is 0.0898. The summed E-state index contributed by atoms with van der Waals surface area (Å²) in [6.07, 6.45) is 1.55. The maximum atomic E-state index is 11.6. The summed E-state index contributed by atoms with van der Waals surface area (Å²) in [4.78, 5) is 3.90. The molecular weight excluding hydrogens is 210 g/mol. The molecule has 0 spiro atoms. The molecule has 1 heterocycles. The molecule has 0 aliphatic heterocycles. The van der Waals surface area contributed by atoms with E-state index in [9.17, 15) is 4.21 Å². The highest BCUT2D eigenvalue weighted by Crippen LogP contribution is 2.07. The Bertz CT molecular complexity index is 398. The van der Waals surface area contributed by atoms with Gasteiger partial charge in [0.15, 0.2) is 0 Å². The molecule has 1 aromatic rings. The topological polar surface area (TPSA) is 79.8 Å². The molecule has 0 amide bonds. The van der Waals surface area contributed by atoms with E-state index >= 15 is 0 Å². The maximum Gasteiger partial charge on any atom is 0.144 e. The molecule has 2 unspecified atom stereocenters. The molecule has 0 aliphatic rings. The average Bonchev–Trinajstić information content (AvgIpc) is 2.17. The number of hydrogen-bond acceptors (Lipinski definition) is 4. The molecule has 15 heavy (non-hydrogen) atoms. The molecule has 0 radical (unpaired) electrons. The summed E-state index contributed by atoms with van der Waals surface area (Å²) in [5.41, 5.74) is 6.61. The van der Waals surface area contributed by atoms with Gasteiger partial charge in [-0.15, -0.1) is 0 Å². The number of rotatable bonds is 4. The van der Waals surface area contributed by atoms with Crippen molar-refractivity contribution in [3.8, 4) is 6.07 Å². The molecule has 0 fully saturated rings. The van der Waals surface area contributed by atoms with Gasteiger partial charge in [-0.25, -0.2) is 4.98 Å². The molecule has 1 aromatic heterocycles. The fourth-order valence-corrected chi connectivity index (χ4v) is 2.47. The SMILES string of the molecule is CC(N)CS(=O)Cc1cccnc1C#N. The van der Waals surface area contributed by atoms with Crippen LogP contribution >= 0.6 is 0 Å². The van der Waals surface area contributed by atoms with Gasteiger partial charge < -0.3 is 5.73 Å². The molecule has 0 aliphatic carbocycles. The minimum atomic E-state index is -1.03. The van der Waals surface area contributed by atoms with Crippen LogP contribution in [0, 0.1) is 11.3 Å². The molecule has 80 valence electrons. The molecule has 0 bridgehead atoms. The zero-order chi connectivity index (χ0) is 11.3. The Morgan fingerprint density at radius 1 is 1.73 bits per heavy atom. The fourth-order valence-electron chi connectivity index (χ4n) is 1.18. The number of nitrogens with two attached hydrogens (primary N) is 1. The minimum Gasteiger partial charge on any atom is -0.327 e. The van der Waals surface area contributed by atoms with Crippen LogP contribution in [0.25, 0.3) is 0 Å². The van der Waals surface area contributed by atoms with Gasteiger partial charge in [0.1, 0.15) is 11.8 Å². The van der Waals surface area contributed by atoms with Gasteiger partial charge in [-0.1, -0.05) is 6.07 Å². The van der Waals surface area contributed by atoms with Crippen LogP contribution in [-0.4, -0.2) is 21.0 Å². The first kappa shape index (κ1) is 11.8. The Morgan fingerprint density at radius 3 is 3.07 bits per heavy atom. The lowest BCUT2D eigenvalue weighted by molar-refractivity contribution is 0.676. The van der Waals surface area contributed by atoms with Crippen LogP contribution in [0.15, 0.2) is 18.3 Å². The van der Waals surface area contributed by atoms with E-state index in [0.29, 0.717) is 17.2 Å². The van der Waals surface area contributed by atoms with E-state index in [4.69, 9.17) is 11.0 Å². The third kappa shape index (κ3) is 3.78. The Labute approximate surface area is 91.6 Å². The van der Waals surface area contributed by atoms with E-state index in [-0.39, 0.29) is 6.04 Å². The predicted molar refractivity (Wildman–Crippen MR) is 59.3 cm³/mol. The van der Waals surface area contributed by atoms with Crippen molar-refractivity contribution in [1.82, 2.24) is 4.98 Å². The molecule has 4 nitrogen and oxygen atoms in total. The molecule has 0 aromatic carbocycles. The lowest BCUT2D eigenvalue weighted by Gasteiger charge is -2.05. The van der Waals surface area contributed by atoms with Crippen molar-refractivity contribution in [2.24, 2.45) is 5.73 Å². The van der Waals surface area contributed by atoms with Gasteiger partial charge in [-0.05, 0) is 13.0 Å². The molecule has 0 saturated carbocycles. The van der Waals surface area contributed by atoms with E-state index < -0.39 is 10.8 Å². The van der Waals surface area contributed by atoms with Crippen LogP contribution in [-0.2, 0) is 16.6 Å². The molecule has 0 saturated heterocycles. The number of aromatic nitrogens is 1. The van der Waals surface area contributed by atoms with Crippen molar-refractivity contribution >= 4 is 10.8 Å². The summed E-state index contributed by atoms with van der Waals surface area (Å²) in [5, 5.41) is 8.78. The molecular formula is C10H13N3OS. The summed E-state index contributed by atoms with van der Waals surface area (Å²) in [5.74, 6) is 0.790. The third-order valence-corrected chi connectivity index (χ3v) is 3.29. The van der Waals surface area contributed by atoms with Gasteiger partial charge in [0.2, 0.25) is 0 Å². The number of pyridine rings is 1. The smallest absolute Gasteiger partial charge is 0.144 e. The number of hydrogen-bond donors (Lipinski definition) is 1. The second kappa shape index (κ2) is 5.59. The summed E-state index contributed by atoms with van der Waals surface area (Å²) in [6.45, 7) is 1.81. The van der Waals surface area contributed by atoms with Crippen LogP contribution in [0.5, 0.6) is 0 Å². The zero-order valence-electron chi connectivity index (χ0n) is 8.51. The Morgan fingerprint density at radius 2 is 2.47 bits per heavy atom. The van der Waals surface area contributed by atoms with Gasteiger partial charge in [-0.3, -0.25) is 4.21 Å². The fraction of sp³-hybridized carbons (Fsp3) is 0.400. The number of nitrogens with zero attached hydrogens (tertiary/aromatic N) is 2. The quantitative estimate of drug-likeness (QED) is 0.808. The van der Waals surface area contributed by atoms with Crippen molar-refractivity contribution < 1.29 is 4.21 Å². The maximum absolute atomic E-state index is 11.6. The molecule has 5 heteroatoms. The van der Waals surface area contributed by atoms with Crippen LogP contribution in [0.2, 0.25) is 0 Å². The van der Waals surface area contributed by atoms with Crippen molar-refractivity contribution in [2.45, 2.75) is 18.7 Å². The number of nitriles is 1. The Kier molecular flexibility index (Phi) is 4.40. The molecule has 1 rings (SSSR count). The van der Waals surface area contributed by atoms with E-state index in [0.717, 1.165) is 5.56 Å². The molecule has 2 atom stereocenters. The van der Waals surface area contributed by atoms with Crippen molar-refractivity contribution in [3.05, 3.63) is 29.6 Å². The van der Waals surface area contributed by atoms with Gasteiger partial charge in [0, 0.05) is 34.4 Å². The van der Waals surface area contributed by atoms with Gasteiger partial charge in [-0.2, -0.15) is 5.26 Å². The standard InChI is InChI=1S/C10H13N3OS/c1-8(12)6-15(14)7-9-3-2-4-13-10(9)5-11/h2-4,8H,6-7,12H2,1H3. The lowest BCUT2D eigenvalue weighted by atomic mass is 10.2. The highest BCUT2D eigenvalue weighted by Gasteiger charge is 2.08. The normalized spacial score (nSPS) is 14.2. The third-order valence-electron chi connectivity index (χ3n) is 1.76. The van der Waals surface area contributed by atoms with E-state index in [1.807, 2.05) is 13.0 Å². The first-order chi connectivity index (χ1) is 7.13. The summed E-state index contributed by atoms with van der Waals surface area (Å²) < 4.78 is 11.6. The second-order valence-electron chi connectivity index (χ2n) is 3.35. The van der Waals surface area contributed by atoms with Gasteiger partial charge in [0.25, 0.3) is 0 Å². The highest BCUT2D eigenvalue weighted by molar-refractivity contribution is 7.84. The zero-order valence-corrected chi connectivity index (χ0v) is 9.33. The summed E-state index contributed by atoms with van der Waals surface area (Å²) in [6, 6.07) is 5.39. The monoisotopic (exact) mass is 223 g/mol. The Balaban J connectivity index is 2.73. The highest BCUT2D eigenvalue weighted by atomic mass is 32.2. The first-order valence-electron chi connectivity index (χ1n) is 4.58. The largest absolute Gasteiger partial charge is 0.327 e. The van der Waals surface area contributed by atoms with Crippen LogP contribution in [0.4, 0.5) is 0 Å². The van der Waals surface area contributed by atoms with Crippen LogP contribution in [0.1, 0.15) is 18.2 Å². The van der Waals surface area contributed by atoms with Crippen molar-refractivity contribution in [3.63, 3.8) is 0 Å².